The van der Waals surface area contributed by atoms with Crippen LogP contribution in [-0.4, -0.2) is 33.6 Å². The first-order valence-corrected chi connectivity index (χ1v) is 10.1. The summed E-state index contributed by atoms with van der Waals surface area (Å²) in [6.07, 6.45) is 4.11. The largest absolute Gasteiger partial charge is 0.467 e. The lowest BCUT2D eigenvalue weighted by molar-refractivity contribution is 0.110. The molecule has 1 aliphatic heterocycles. The monoisotopic (exact) mass is 385 g/mol. The number of aryl methyl sites for hydroxylation is 1. The molecule has 2 N–H and O–H groups in total. The van der Waals surface area contributed by atoms with Crippen LogP contribution in [0.1, 0.15) is 43.6 Å². The zero-order chi connectivity index (χ0) is 18.8. The molecule has 142 valence electrons. The van der Waals surface area contributed by atoms with Gasteiger partial charge in [0.2, 0.25) is 0 Å². The normalized spacial score (nSPS) is 18.1. The number of nitrogens with zero attached hydrogens (tertiary/aromatic N) is 2. The number of hydrogen-bond donors (Lipinski definition) is 2. The molecule has 0 spiro atoms. The third-order valence-electron chi connectivity index (χ3n) is 5.08. The second kappa shape index (κ2) is 7.70. The number of amides is 2. The third-order valence-corrected chi connectivity index (χ3v) is 6.01. The van der Waals surface area contributed by atoms with Crippen LogP contribution in [0.5, 0.6) is 0 Å². The van der Waals surface area contributed by atoms with Crippen LogP contribution >= 0.6 is 11.3 Å². The van der Waals surface area contributed by atoms with Crippen LogP contribution in [0.3, 0.4) is 0 Å². The Morgan fingerprint density at radius 2 is 2.37 bits per heavy atom. The highest BCUT2D eigenvalue weighted by Gasteiger charge is 2.31. The second-order valence-electron chi connectivity index (χ2n) is 6.86. The first kappa shape index (κ1) is 18.0. The van der Waals surface area contributed by atoms with Gasteiger partial charge in [-0.2, -0.15) is 0 Å². The van der Waals surface area contributed by atoms with Crippen LogP contribution in [-0.2, 0) is 6.42 Å². The molecule has 1 aliphatic rings. The van der Waals surface area contributed by atoms with E-state index in [0.717, 1.165) is 29.5 Å². The summed E-state index contributed by atoms with van der Waals surface area (Å²) in [5, 5.41) is 13.9. The second-order valence-corrected chi connectivity index (χ2v) is 7.89. The molecule has 1 saturated heterocycles. The summed E-state index contributed by atoms with van der Waals surface area (Å²) in [6, 6.07) is 9.55. The molecule has 27 heavy (non-hydrogen) atoms. The van der Waals surface area contributed by atoms with Crippen molar-refractivity contribution < 1.29 is 14.3 Å². The molecule has 1 aromatic carbocycles. The van der Waals surface area contributed by atoms with Crippen LogP contribution in [0, 0.1) is 0 Å². The van der Waals surface area contributed by atoms with E-state index in [1.807, 2.05) is 6.07 Å². The molecular weight excluding hydrogens is 362 g/mol. The molecule has 0 aliphatic carbocycles. The minimum atomic E-state index is -0.701. The Morgan fingerprint density at radius 1 is 1.48 bits per heavy atom. The van der Waals surface area contributed by atoms with Crippen molar-refractivity contribution in [1.29, 1.82) is 0 Å². The molecule has 6 nitrogen and oxygen atoms in total. The summed E-state index contributed by atoms with van der Waals surface area (Å²) in [4.78, 5) is 19.1. The number of likely N-dealkylation sites (tertiary alicyclic amines) is 1. The molecule has 7 heteroatoms. The van der Waals surface area contributed by atoms with Crippen LogP contribution in [0.2, 0.25) is 0 Å². The van der Waals surface area contributed by atoms with Crippen molar-refractivity contribution in [3.05, 3.63) is 47.9 Å². The van der Waals surface area contributed by atoms with Gasteiger partial charge in [-0.25, -0.2) is 9.78 Å². The van der Waals surface area contributed by atoms with E-state index in [2.05, 4.69) is 29.4 Å². The van der Waals surface area contributed by atoms with Crippen LogP contribution in [0.25, 0.3) is 10.2 Å². The van der Waals surface area contributed by atoms with Gasteiger partial charge in [-0.1, -0.05) is 24.3 Å². The number of thiazole rings is 1. The molecule has 3 heterocycles. The number of aliphatic hydroxyl groups excluding tert-OH is 1. The van der Waals surface area contributed by atoms with Crippen molar-refractivity contribution in [2.45, 2.75) is 44.8 Å². The van der Waals surface area contributed by atoms with Gasteiger partial charge >= 0.3 is 6.03 Å². The zero-order valence-electron chi connectivity index (χ0n) is 15.2. The molecule has 2 atom stereocenters. The van der Waals surface area contributed by atoms with Crippen LogP contribution in [0.4, 0.5) is 9.93 Å². The predicted molar refractivity (Wildman–Crippen MR) is 106 cm³/mol. The smallest absolute Gasteiger partial charge is 0.323 e. The predicted octanol–water partition coefficient (Wildman–Crippen LogP) is 4.57. The molecular formula is C20H23N3O3S. The topological polar surface area (TPSA) is 78.6 Å². The molecule has 0 radical (unpaired) electrons. The summed E-state index contributed by atoms with van der Waals surface area (Å²) in [6.45, 7) is 2.81. The number of furan rings is 1. The third kappa shape index (κ3) is 3.84. The minimum absolute atomic E-state index is 0.00817. The number of carbonyl (C=O) groups is 1. The fraction of sp³-hybridized carbons (Fsp3) is 0.400. The Bertz CT molecular complexity index is 922. The Kier molecular flexibility index (Phi) is 5.13. The van der Waals surface area contributed by atoms with Crippen molar-refractivity contribution in [3.8, 4) is 0 Å². The minimum Gasteiger partial charge on any atom is -0.467 e. The molecule has 0 unspecified atom stereocenters. The summed E-state index contributed by atoms with van der Waals surface area (Å²) < 4.78 is 6.35. The van der Waals surface area contributed by atoms with Crippen molar-refractivity contribution in [2.24, 2.45) is 0 Å². The van der Waals surface area contributed by atoms with Crippen molar-refractivity contribution in [3.63, 3.8) is 0 Å². The van der Waals surface area contributed by atoms with Gasteiger partial charge in [0.05, 0.1) is 16.5 Å². The number of nitrogens with one attached hydrogen (secondary N) is 1. The lowest BCUT2D eigenvalue weighted by atomic mass is 10.1. The number of hydrogen-bond acceptors (Lipinski definition) is 5. The lowest BCUT2D eigenvalue weighted by Gasteiger charge is -2.25. The number of fused-ring (bicyclic) bond motifs is 1. The quantitative estimate of drug-likeness (QED) is 0.674. The molecule has 2 amide bonds. The molecule has 4 rings (SSSR count). The summed E-state index contributed by atoms with van der Waals surface area (Å²) in [5.41, 5.74) is 2.16. The van der Waals surface area contributed by atoms with Gasteiger partial charge < -0.3 is 14.4 Å². The highest BCUT2D eigenvalue weighted by Crippen LogP contribution is 2.30. The Labute approximate surface area is 161 Å². The highest BCUT2D eigenvalue weighted by atomic mass is 32.1. The summed E-state index contributed by atoms with van der Waals surface area (Å²) in [5.74, 6) is 0.542. The Hall–Kier alpha value is -2.38. The van der Waals surface area contributed by atoms with E-state index < -0.39 is 6.10 Å². The maximum atomic E-state index is 12.8. The molecule has 0 saturated carbocycles. The number of aliphatic hydroxyl groups is 1. The number of urea groups is 1. The van der Waals surface area contributed by atoms with Gasteiger partial charge in [0.25, 0.3) is 0 Å². The van der Waals surface area contributed by atoms with E-state index in [9.17, 15) is 9.90 Å². The molecule has 3 aromatic rings. The SMILES string of the molecule is CCc1ccc2nc(NC(=O)N3CCC[C@H]3C[C@H](O)c3ccco3)sc2c1. The number of rotatable bonds is 5. The van der Waals surface area contributed by atoms with Crippen LogP contribution < -0.4 is 5.32 Å². The number of anilines is 1. The molecule has 0 bridgehead atoms. The fourth-order valence-corrected chi connectivity index (χ4v) is 4.53. The number of benzene rings is 1. The van der Waals surface area contributed by atoms with Gasteiger partial charge in [0.15, 0.2) is 5.13 Å². The van der Waals surface area contributed by atoms with E-state index in [4.69, 9.17) is 4.42 Å². The Balaban J connectivity index is 1.43. The maximum Gasteiger partial charge on any atom is 0.323 e. The summed E-state index contributed by atoms with van der Waals surface area (Å²) >= 11 is 1.49. The van der Waals surface area contributed by atoms with E-state index in [-0.39, 0.29) is 12.1 Å². The summed E-state index contributed by atoms with van der Waals surface area (Å²) in [7, 11) is 0. The lowest BCUT2D eigenvalue weighted by Crippen LogP contribution is -2.39. The van der Waals surface area contributed by atoms with E-state index in [1.165, 1.54) is 16.9 Å². The average Bonchev–Trinajstić information content (AvgIpc) is 3.40. The van der Waals surface area contributed by atoms with Gasteiger partial charge in [-0.3, -0.25) is 5.32 Å². The molecule has 2 aromatic heterocycles. The zero-order valence-corrected chi connectivity index (χ0v) is 16.0. The van der Waals surface area contributed by atoms with E-state index in [1.54, 1.807) is 23.3 Å². The van der Waals surface area contributed by atoms with Gasteiger partial charge in [-0.05, 0) is 49.1 Å². The van der Waals surface area contributed by atoms with Gasteiger partial charge in [-0.15, -0.1) is 0 Å². The number of aromatic nitrogens is 1. The average molecular weight is 385 g/mol. The maximum absolute atomic E-state index is 12.8. The fourth-order valence-electron chi connectivity index (χ4n) is 3.61. The Morgan fingerprint density at radius 3 is 3.15 bits per heavy atom. The highest BCUT2D eigenvalue weighted by molar-refractivity contribution is 7.22. The molecule has 1 fully saturated rings. The standard InChI is InChI=1S/C20H23N3O3S/c1-2-13-7-8-15-18(11-13)27-19(21-15)22-20(25)23-9-3-5-14(23)12-16(24)17-6-4-10-26-17/h4,6-8,10-11,14,16,24H,2-3,5,9,12H2,1H3,(H,21,22,25)/t14-,16-/m0/s1. The van der Waals surface area contributed by atoms with Crippen molar-refractivity contribution in [1.82, 2.24) is 9.88 Å². The van der Waals surface area contributed by atoms with Crippen LogP contribution in [0.15, 0.2) is 41.0 Å². The van der Waals surface area contributed by atoms with Gasteiger partial charge in [0.1, 0.15) is 11.9 Å². The first-order chi connectivity index (χ1) is 13.1. The number of carbonyl (C=O) groups excluding carboxylic acids is 1. The van der Waals surface area contributed by atoms with E-state index in [0.29, 0.717) is 23.9 Å². The van der Waals surface area contributed by atoms with E-state index >= 15 is 0 Å². The first-order valence-electron chi connectivity index (χ1n) is 9.32. The van der Waals surface area contributed by atoms with Crippen molar-refractivity contribution >= 4 is 32.7 Å². The van der Waals surface area contributed by atoms with Crippen molar-refractivity contribution in [2.75, 3.05) is 11.9 Å². The van der Waals surface area contributed by atoms with Gasteiger partial charge in [0, 0.05) is 19.0 Å².